The van der Waals surface area contributed by atoms with E-state index in [4.69, 9.17) is 24.4 Å². The van der Waals surface area contributed by atoms with Crippen LogP contribution >= 0.6 is 22.7 Å². The molecule has 0 N–H and O–H groups in total. The van der Waals surface area contributed by atoms with Crippen molar-refractivity contribution in [2.45, 2.75) is 0 Å². The number of nitrogens with zero attached hydrogens (tertiary/aromatic N) is 4. The van der Waals surface area contributed by atoms with Crippen LogP contribution < -0.4 is 0 Å². The molecule has 0 spiro atoms. The fourth-order valence-electron chi connectivity index (χ4n) is 7.25. The summed E-state index contributed by atoms with van der Waals surface area (Å²) in [7, 11) is 0. The lowest BCUT2D eigenvalue weighted by Gasteiger charge is -2.10. The van der Waals surface area contributed by atoms with Crippen molar-refractivity contribution in [1.29, 1.82) is 0 Å². The summed E-state index contributed by atoms with van der Waals surface area (Å²) in [5, 5.41) is 5.46. The third-order valence-corrected chi connectivity index (χ3v) is 12.0. The number of aromatic nitrogens is 4. The van der Waals surface area contributed by atoms with Gasteiger partial charge in [-0.3, -0.25) is 0 Å². The molecule has 0 unspecified atom stereocenters. The highest BCUT2D eigenvalue weighted by molar-refractivity contribution is 7.26. The van der Waals surface area contributed by atoms with Crippen molar-refractivity contribution in [2.75, 3.05) is 0 Å². The lowest BCUT2D eigenvalue weighted by molar-refractivity contribution is 0.669. The molecular weight excluding hydrogens is 689 g/mol. The Morgan fingerprint density at radius 3 is 1.96 bits per heavy atom. The van der Waals surface area contributed by atoms with Gasteiger partial charge in [0, 0.05) is 47.6 Å². The van der Waals surface area contributed by atoms with Gasteiger partial charge in [0.15, 0.2) is 17.5 Å². The summed E-state index contributed by atoms with van der Waals surface area (Å²) in [6.07, 6.45) is 0. The fourth-order valence-corrected chi connectivity index (χ4v) is 9.39. The summed E-state index contributed by atoms with van der Waals surface area (Å²) in [5.74, 6) is 1.82. The molecule has 0 aliphatic rings. The molecule has 0 aliphatic carbocycles. The minimum atomic E-state index is 0.576. The maximum atomic E-state index is 6.43. The van der Waals surface area contributed by atoms with Crippen LogP contribution in [0.1, 0.15) is 0 Å². The second-order valence-electron chi connectivity index (χ2n) is 13.0. The molecule has 4 heterocycles. The van der Waals surface area contributed by atoms with Gasteiger partial charge in [-0.2, -0.15) is 0 Å². The zero-order valence-corrected chi connectivity index (χ0v) is 29.7. The minimum Gasteiger partial charge on any atom is -0.455 e. The topological polar surface area (TPSA) is 64.7 Å². The van der Waals surface area contributed by atoms with E-state index >= 15 is 0 Å². The van der Waals surface area contributed by atoms with Gasteiger partial charge in [0.2, 0.25) is 0 Å². The standard InChI is InChI=1S/C46H26N4OS2/c1-2-10-28(11-3-1)43-48-44(50-45(49-43)35-15-8-13-32-31-12-4-6-17-37(31)51-42(32)35)34-14-9-19-39-41(34)33-25-24-30(26-40(33)52-39)27-20-22-29(23-21-27)46-47-36-16-5-7-18-38(36)53-46/h1-26H. The van der Waals surface area contributed by atoms with Crippen molar-refractivity contribution < 1.29 is 4.42 Å². The molecular formula is C46H26N4OS2. The summed E-state index contributed by atoms with van der Waals surface area (Å²) >= 11 is 3.52. The van der Waals surface area contributed by atoms with E-state index < -0.39 is 0 Å². The molecule has 0 saturated heterocycles. The molecule has 7 heteroatoms. The number of hydrogen-bond donors (Lipinski definition) is 0. The maximum absolute atomic E-state index is 6.43. The molecule has 7 aromatic carbocycles. The number of thiazole rings is 1. The fraction of sp³-hybridized carbons (Fsp3) is 0. The quantitative estimate of drug-likeness (QED) is 0.178. The number of benzene rings is 7. The van der Waals surface area contributed by atoms with E-state index in [1.54, 1.807) is 22.7 Å². The zero-order valence-electron chi connectivity index (χ0n) is 28.0. The van der Waals surface area contributed by atoms with E-state index in [2.05, 4.69) is 91.0 Å². The first-order valence-corrected chi connectivity index (χ1v) is 19.0. The van der Waals surface area contributed by atoms with Crippen LogP contribution in [0.3, 0.4) is 0 Å². The van der Waals surface area contributed by atoms with Crippen LogP contribution in [0.25, 0.3) is 108 Å². The predicted octanol–water partition coefficient (Wildman–Crippen LogP) is 13.1. The molecule has 0 atom stereocenters. The van der Waals surface area contributed by atoms with E-state index in [9.17, 15) is 0 Å². The molecule has 4 aromatic heterocycles. The first kappa shape index (κ1) is 30.1. The van der Waals surface area contributed by atoms with Gasteiger partial charge < -0.3 is 4.42 Å². The minimum absolute atomic E-state index is 0.576. The van der Waals surface area contributed by atoms with Crippen molar-refractivity contribution in [3.05, 3.63) is 158 Å². The number of hydrogen-bond acceptors (Lipinski definition) is 7. The first-order valence-electron chi connectivity index (χ1n) is 17.4. The van der Waals surface area contributed by atoms with E-state index in [0.29, 0.717) is 17.5 Å². The highest BCUT2D eigenvalue weighted by atomic mass is 32.1. The van der Waals surface area contributed by atoms with Gasteiger partial charge in [-0.15, -0.1) is 22.7 Å². The van der Waals surface area contributed by atoms with E-state index in [0.717, 1.165) is 60.1 Å². The van der Waals surface area contributed by atoms with Crippen molar-refractivity contribution >= 4 is 75.0 Å². The predicted molar refractivity (Wildman–Crippen MR) is 220 cm³/mol. The van der Waals surface area contributed by atoms with Gasteiger partial charge in [0.25, 0.3) is 0 Å². The monoisotopic (exact) mass is 714 g/mol. The average molecular weight is 715 g/mol. The number of rotatable bonds is 5. The summed E-state index contributed by atoms with van der Waals surface area (Å²) in [6, 6.07) is 54.6. The largest absolute Gasteiger partial charge is 0.455 e. The Kier molecular flexibility index (Phi) is 6.83. The summed E-state index contributed by atoms with van der Waals surface area (Å²) in [4.78, 5) is 20.2. The molecule has 248 valence electrons. The third kappa shape index (κ3) is 5.04. The molecule has 0 radical (unpaired) electrons. The Bertz CT molecular complexity index is 3150. The molecule has 11 rings (SSSR count). The van der Waals surface area contributed by atoms with Crippen LogP contribution in [0.15, 0.2) is 162 Å². The van der Waals surface area contributed by atoms with Gasteiger partial charge in [0.1, 0.15) is 16.2 Å². The van der Waals surface area contributed by atoms with Crippen molar-refractivity contribution in [3.8, 4) is 55.9 Å². The zero-order chi connectivity index (χ0) is 34.9. The lowest BCUT2D eigenvalue weighted by atomic mass is 10.0. The van der Waals surface area contributed by atoms with Crippen LogP contribution in [-0.4, -0.2) is 19.9 Å². The Labute approximate surface area is 311 Å². The first-order chi connectivity index (χ1) is 26.2. The SMILES string of the molecule is c1ccc(-c2nc(-c3cccc4c3oc3ccccc34)nc(-c3cccc4sc5cc(-c6ccc(-c7nc8ccccc8s7)cc6)ccc5c34)n2)cc1. The maximum Gasteiger partial charge on any atom is 0.167 e. The Balaban J connectivity index is 1.04. The second-order valence-corrected chi connectivity index (χ2v) is 15.1. The van der Waals surface area contributed by atoms with Crippen LogP contribution in [0.2, 0.25) is 0 Å². The van der Waals surface area contributed by atoms with Crippen molar-refractivity contribution in [3.63, 3.8) is 0 Å². The normalized spacial score (nSPS) is 11.8. The summed E-state index contributed by atoms with van der Waals surface area (Å²) in [6.45, 7) is 0. The van der Waals surface area contributed by atoms with E-state index in [1.807, 2.05) is 66.7 Å². The molecule has 0 saturated carbocycles. The van der Waals surface area contributed by atoms with Gasteiger partial charge in [-0.1, -0.05) is 121 Å². The highest BCUT2D eigenvalue weighted by Gasteiger charge is 2.20. The molecule has 11 aromatic rings. The van der Waals surface area contributed by atoms with Gasteiger partial charge in [0.05, 0.1) is 15.8 Å². The number of furan rings is 1. The lowest BCUT2D eigenvalue weighted by Crippen LogP contribution is -2.00. The van der Waals surface area contributed by atoms with E-state index in [1.165, 1.54) is 30.6 Å². The molecule has 0 bridgehead atoms. The highest BCUT2D eigenvalue weighted by Crippen LogP contribution is 2.42. The smallest absolute Gasteiger partial charge is 0.167 e. The average Bonchev–Trinajstić information content (AvgIpc) is 3.94. The van der Waals surface area contributed by atoms with Gasteiger partial charge in [-0.25, -0.2) is 19.9 Å². The molecule has 0 fully saturated rings. The molecule has 5 nitrogen and oxygen atoms in total. The van der Waals surface area contributed by atoms with Crippen LogP contribution in [0, 0.1) is 0 Å². The molecule has 0 aliphatic heterocycles. The second kappa shape index (κ2) is 12.0. The van der Waals surface area contributed by atoms with Crippen LogP contribution in [0.4, 0.5) is 0 Å². The van der Waals surface area contributed by atoms with Gasteiger partial charge >= 0.3 is 0 Å². The number of para-hydroxylation sites is 3. The van der Waals surface area contributed by atoms with Gasteiger partial charge in [-0.05, 0) is 47.5 Å². The Hall–Kier alpha value is -6.54. The van der Waals surface area contributed by atoms with E-state index in [-0.39, 0.29) is 0 Å². The number of fused-ring (bicyclic) bond motifs is 7. The molecule has 0 amide bonds. The Morgan fingerprint density at radius 1 is 0.396 bits per heavy atom. The van der Waals surface area contributed by atoms with Crippen LogP contribution in [-0.2, 0) is 0 Å². The summed E-state index contributed by atoms with van der Waals surface area (Å²) in [5.41, 5.74) is 8.86. The van der Waals surface area contributed by atoms with Crippen molar-refractivity contribution in [1.82, 2.24) is 19.9 Å². The Morgan fingerprint density at radius 2 is 1.08 bits per heavy atom. The van der Waals surface area contributed by atoms with Crippen molar-refractivity contribution in [2.24, 2.45) is 0 Å². The third-order valence-electron chi connectivity index (χ3n) is 9.81. The molecule has 53 heavy (non-hydrogen) atoms. The summed E-state index contributed by atoms with van der Waals surface area (Å²) < 4.78 is 10.0. The number of thiophene rings is 1. The van der Waals surface area contributed by atoms with Crippen LogP contribution in [0.5, 0.6) is 0 Å².